The second-order valence-electron chi connectivity index (χ2n) is 14.6. The second-order valence-corrected chi connectivity index (χ2v) is 33.6. The van der Waals surface area contributed by atoms with Crippen molar-refractivity contribution < 1.29 is 0 Å². The highest BCUT2D eigenvalue weighted by molar-refractivity contribution is 6.85. The predicted molar refractivity (Wildman–Crippen MR) is 192 cm³/mol. The number of rotatable bonds is 0. The fourth-order valence-corrected chi connectivity index (χ4v) is 5.98. The first-order valence-electron chi connectivity index (χ1n) is 14.2. The smallest absolute Gasteiger partial charge is 0.126 e. The summed E-state index contributed by atoms with van der Waals surface area (Å²) in [6, 6.07) is 17.4. The van der Waals surface area contributed by atoms with E-state index >= 15 is 0 Å². The van der Waals surface area contributed by atoms with Gasteiger partial charge < -0.3 is 0 Å². The van der Waals surface area contributed by atoms with E-state index < -0.39 is 32.3 Å². The van der Waals surface area contributed by atoms with Gasteiger partial charge >= 0.3 is 0 Å². The van der Waals surface area contributed by atoms with Crippen molar-refractivity contribution in [1.29, 1.82) is 0 Å². The topological polar surface area (TPSA) is 0 Å². The number of fused-ring (bicyclic) bond motifs is 2. The Hall–Kier alpha value is -2.97. The molecule has 3 aromatic rings. The minimum Gasteiger partial charge on any atom is -0.126 e. The summed E-state index contributed by atoms with van der Waals surface area (Å²) in [4.78, 5) is 0. The van der Waals surface area contributed by atoms with Crippen molar-refractivity contribution >= 4 is 65.0 Å². The highest BCUT2D eigenvalue weighted by atomic mass is 28.3. The van der Waals surface area contributed by atoms with E-state index in [1.54, 1.807) is 0 Å². The molecule has 40 heavy (non-hydrogen) atoms. The molecule has 0 radical (unpaired) electrons. The molecule has 0 N–H and O–H groups in total. The standard InChI is InChI=1S/C36H44Si4/c1-37(2,3)25-21-29(22-26-38(4,5)6)35-31-17-13-15-19-33(31)36(34-20-16-14-18-32(34)35)30(23-27-39(7,8)9)24-28-40(10,11)12/h13-20H,1-12H3. The van der Waals surface area contributed by atoms with Crippen LogP contribution in [0.15, 0.2) is 48.5 Å². The van der Waals surface area contributed by atoms with E-state index in [4.69, 9.17) is 0 Å². The van der Waals surface area contributed by atoms with Crippen LogP contribution in [0.1, 0.15) is 0 Å². The van der Waals surface area contributed by atoms with E-state index in [-0.39, 0.29) is 0 Å². The molecule has 3 aromatic carbocycles. The van der Waals surface area contributed by atoms with Gasteiger partial charge in [0, 0.05) is 10.4 Å². The van der Waals surface area contributed by atoms with Crippen LogP contribution in [0.2, 0.25) is 78.6 Å². The third kappa shape index (κ3) is 9.03. The van der Waals surface area contributed by atoms with E-state index in [0.29, 0.717) is 0 Å². The average Bonchev–Trinajstić information content (AvgIpc) is 2.81. The van der Waals surface area contributed by atoms with Gasteiger partial charge in [0.1, 0.15) is 32.3 Å². The molecule has 0 heterocycles. The van der Waals surface area contributed by atoms with E-state index in [1.165, 1.54) is 21.5 Å². The summed E-state index contributed by atoms with van der Waals surface area (Å²) in [5, 5.41) is 6.96. The zero-order valence-electron chi connectivity index (χ0n) is 26.6. The van der Waals surface area contributed by atoms with Gasteiger partial charge in [-0.05, 0) is 21.5 Å². The quantitative estimate of drug-likeness (QED) is 0.143. The Labute approximate surface area is 247 Å². The van der Waals surface area contributed by atoms with Crippen molar-refractivity contribution in [2.75, 3.05) is 0 Å². The summed E-state index contributed by atoms with van der Waals surface area (Å²) < 4.78 is 0. The molecule has 0 aromatic heterocycles. The SMILES string of the molecule is C[Si](C)(C)C#CC(C#C[Si](C)(C)C)=c1c2ccccc2c(=C(C#C[Si](C)(C)C)C#C[Si](C)(C)C)c2ccccc12. The van der Waals surface area contributed by atoms with E-state index in [0.717, 1.165) is 21.6 Å². The lowest BCUT2D eigenvalue weighted by atomic mass is 9.93. The van der Waals surface area contributed by atoms with E-state index in [2.05, 4.69) is 173 Å². The zero-order chi connectivity index (χ0) is 29.9. The average molecular weight is 589 g/mol. The fraction of sp³-hybridized carbons (Fsp3) is 0.333. The van der Waals surface area contributed by atoms with Crippen LogP contribution in [-0.4, -0.2) is 32.3 Å². The first kappa shape index (κ1) is 31.6. The Morgan fingerprint density at radius 3 is 0.750 bits per heavy atom. The minimum atomic E-state index is -1.62. The first-order chi connectivity index (χ1) is 18.3. The Bertz CT molecular complexity index is 1570. The Morgan fingerprint density at radius 2 is 0.575 bits per heavy atom. The predicted octanol–water partition coefficient (Wildman–Crippen LogP) is 7.82. The summed E-state index contributed by atoms with van der Waals surface area (Å²) in [5.41, 5.74) is 16.4. The van der Waals surface area contributed by atoms with Crippen LogP contribution in [-0.2, 0) is 0 Å². The molecular weight excluding hydrogens is 545 g/mol. The van der Waals surface area contributed by atoms with Crippen LogP contribution in [0.4, 0.5) is 0 Å². The summed E-state index contributed by atoms with van der Waals surface area (Å²) >= 11 is 0. The van der Waals surface area contributed by atoms with Crippen LogP contribution in [0.3, 0.4) is 0 Å². The van der Waals surface area contributed by atoms with Crippen LogP contribution >= 0.6 is 0 Å². The Morgan fingerprint density at radius 1 is 0.375 bits per heavy atom. The molecule has 0 unspecified atom stereocenters. The highest BCUT2D eigenvalue weighted by Crippen LogP contribution is 2.17. The summed E-state index contributed by atoms with van der Waals surface area (Å²) in [6.07, 6.45) is 0. The molecule has 4 heteroatoms. The third-order valence-corrected chi connectivity index (χ3v) is 9.18. The molecule has 0 fully saturated rings. The maximum absolute atomic E-state index is 3.62. The summed E-state index contributed by atoms with van der Waals surface area (Å²) in [5.74, 6) is 14.4. The van der Waals surface area contributed by atoms with Crippen molar-refractivity contribution in [2.45, 2.75) is 78.6 Å². The molecule has 0 saturated carbocycles. The monoisotopic (exact) mass is 588 g/mol. The van der Waals surface area contributed by atoms with Crippen molar-refractivity contribution in [3.8, 4) is 45.9 Å². The van der Waals surface area contributed by atoms with Gasteiger partial charge in [-0.15, -0.1) is 22.2 Å². The molecule has 0 nitrogen and oxygen atoms in total. The molecule has 0 saturated heterocycles. The Balaban J connectivity index is 2.80. The molecule has 204 valence electrons. The number of hydrogen-bond donors (Lipinski definition) is 0. The fourth-order valence-electron chi connectivity index (χ4n) is 3.98. The van der Waals surface area contributed by atoms with Gasteiger partial charge in [0.25, 0.3) is 0 Å². The van der Waals surface area contributed by atoms with E-state index in [9.17, 15) is 0 Å². The zero-order valence-corrected chi connectivity index (χ0v) is 30.6. The normalized spacial score (nSPS) is 11.7. The van der Waals surface area contributed by atoms with Gasteiger partial charge in [0.2, 0.25) is 0 Å². The van der Waals surface area contributed by atoms with Crippen LogP contribution in [0.5, 0.6) is 0 Å². The molecule has 0 aliphatic rings. The maximum Gasteiger partial charge on any atom is 0.129 e. The lowest BCUT2D eigenvalue weighted by Gasteiger charge is -2.11. The van der Waals surface area contributed by atoms with Gasteiger partial charge in [-0.2, -0.15) is 0 Å². The Kier molecular flexibility index (Phi) is 9.36. The molecule has 0 bridgehead atoms. The van der Waals surface area contributed by atoms with Crippen molar-refractivity contribution in [3.05, 3.63) is 59.0 Å². The van der Waals surface area contributed by atoms with Gasteiger partial charge in [0.15, 0.2) is 0 Å². The second kappa shape index (κ2) is 11.9. The first-order valence-corrected chi connectivity index (χ1v) is 28.2. The third-order valence-electron chi connectivity index (χ3n) is 5.68. The van der Waals surface area contributed by atoms with Gasteiger partial charge in [0.05, 0.1) is 11.1 Å². The van der Waals surface area contributed by atoms with Gasteiger partial charge in [-0.1, -0.05) is 151 Å². The lowest BCUT2D eigenvalue weighted by molar-refractivity contribution is 1.66. The van der Waals surface area contributed by atoms with Crippen molar-refractivity contribution in [2.24, 2.45) is 0 Å². The lowest BCUT2D eigenvalue weighted by Crippen LogP contribution is -2.21. The number of benzene rings is 3. The molecule has 0 aliphatic heterocycles. The molecule has 0 amide bonds. The molecule has 0 atom stereocenters. The van der Waals surface area contributed by atoms with Crippen molar-refractivity contribution in [3.63, 3.8) is 0 Å². The molecule has 3 rings (SSSR count). The largest absolute Gasteiger partial charge is 0.129 e. The number of hydrogen-bond acceptors (Lipinski definition) is 0. The highest BCUT2D eigenvalue weighted by Gasteiger charge is 2.15. The van der Waals surface area contributed by atoms with Crippen LogP contribution in [0, 0.1) is 45.9 Å². The van der Waals surface area contributed by atoms with Crippen LogP contribution in [0.25, 0.3) is 32.7 Å². The minimum absolute atomic E-state index is 0.937. The van der Waals surface area contributed by atoms with E-state index in [1.807, 2.05) is 0 Å². The summed E-state index contributed by atoms with van der Waals surface area (Å²) in [7, 11) is -6.48. The van der Waals surface area contributed by atoms with Gasteiger partial charge in [-0.3, -0.25) is 0 Å². The summed E-state index contributed by atoms with van der Waals surface area (Å²) in [6.45, 7) is 27.5. The van der Waals surface area contributed by atoms with Gasteiger partial charge in [-0.25, -0.2) is 0 Å². The maximum atomic E-state index is 3.62. The van der Waals surface area contributed by atoms with Crippen molar-refractivity contribution in [1.82, 2.24) is 0 Å². The van der Waals surface area contributed by atoms with Crippen LogP contribution < -0.4 is 10.4 Å². The molecular formula is C36H44Si4. The molecule has 0 aliphatic carbocycles. The molecule has 0 spiro atoms.